The van der Waals surface area contributed by atoms with Gasteiger partial charge in [0.05, 0.1) is 12.2 Å². The van der Waals surface area contributed by atoms with E-state index in [1.54, 1.807) is 6.92 Å². The Bertz CT molecular complexity index is 560. The molecule has 0 saturated heterocycles. The van der Waals surface area contributed by atoms with Crippen molar-refractivity contribution in [2.45, 2.75) is 6.92 Å². The van der Waals surface area contributed by atoms with Crippen LogP contribution in [0.4, 0.5) is 5.82 Å². The molecule has 1 aromatic heterocycles. The third-order valence-corrected chi connectivity index (χ3v) is 2.90. The zero-order chi connectivity index (χ0) is 13.6. The van der Waals surface area contributed by atoms with E-state index in [1.165, 1.54) is 18.3 Å². The molecule has 0 aliphatic rings. The van der Waals surface area contributed by atoms with Crippen molar-refractivity contribution in [2.75, 3.05) is 17.1 Å². The summed E-state index contributed by atoms with van der Waals surface area (Å²) in [4.78, 5) is 14.8. The summed E-state index contributed by atoms with van der Waals surface area (Å²) in [5.41, 5.74) is 0.309. The van der Waals surface area contributed by atoms with Gasteiger partial charge >= 0.3 is 5.97 Å². The number of hydrogen-bond donors (Lipinski definition) is 1. The summed E-state index contributed by atoms with van der Waals surface area (Å²) in [6.07, 6.45) is 1.22. The first-order chi connectivity index (χ1) is 8.46. The molecule has 0 amide bonds. The zero-order valence-corrected chi connectivity index (χ0v) is 10.4. The molecular weight excluding hydrogens is 258 g/mol. The number of hydrogen-bond acceptors (Lipinski definition) is 6. The van der Waals surface area contributed by atoms with Gasteiger partial charge in [0.25, 0.3) is 0 Å². The minimum Gasteiger partial charge on any atom is -0.465 e. The Balaban J connectivity index is 2.70. The van der Waals surface area contributed by atoms with Crippen LogP contribution < -0.4 is 4.72 Å². The number of rotatable bonds is 5. The van der Waals surface area contributed by atoms with Crippen molar-refractivity contribution >= 4 is 21.8 Å². The lowest BCUT2D eigenvalue weighted by molar-refractivity contribution is -0.139. The molecule has 0 fully saturated rings. The minimum atomic E-state index is -3.85. The van der Waals surface area contributed by atoms with Crippen LogP contribution in [0.5, 0.6) is 0 Å². The number of aromatic nitrogens is 1. The third kappa shape index (κ3) is 4.39. The maximum atomic E-state index is 11.5. The predicted molar refractivity (Wildman–Crippen MR) is 63.0 cm³/mol. The number of carbonyl (C=O) groups is 1. The van der Waals surface area contributed by atoms with Gasteiger partial charge in [-0.2, -0.15) is 5.26 Å². The number of nitrogens with zero attached hydrogens (tertiary/aromatic N) is 2. The normalized spacial score (nSPS) is 10.4. The number of nitrogens with one attached hydrogen (secondary N) is 1. The van der Waals surface area contributed by atoms with Gasteiger partial charge in [-0.15, -0.1) is 0 Å². The number of nitriles is 1. The number of ether oxygens (including phenoxy) is 1. The van der Waals surface area contributed by atoms with Crippen molar-refractivity contribution in [3.05, 3.63) is 23.9 Å². The van der Waals surface area contributed by atoms with E-state index in [1.807, 2.05) is 6.07 Å². The second-order valence-electron chi connectivity index (χ2n) is 3.21. The molecule has 1 aromatic rings. The maximum Gasteiger partial charge on any atom is 0.323 e. The van der Waals surface area contributed by atoms with Crippen LogP contribution in [0.15, 0.2) is 18.3 Å². The van der Waals surface area contributed by atoms with Crippen LogP contribution in [0, 0.1) is 11.3 Å². The molecule has 1 N–H and O–H groups in total. The fraction of sp³-hybridized carbons (Fsp3) is 0.300. The van der Waals surface area contributed by atoms with E-state index in [-0.39, 0.29) is 12.4 Å². The van der Waals surface area contributed by atoms with Crippen LogP contribution in [0.1, 0.15) is 12.5 Å². The summed E-state index contributed by atoms with van der Waals surface area (Å²) in [5, 5.41) is 8.55. The largest absolute Gasteiger partial charge is 0.465 e. The highest BCUT2D eigenvalue weighted by molar-refractivity contribution is 7.93. The summed E-state index contributed by atoms with van der Waals surface area (Å²) in [7, 11) is -3.85. The molecule has 0 unspecified atom stereocenters. The van der Waals surface area contributed by atoms with Gasteiger partial charge in [0, 0.05) is 6.20 Å². The molecule has 96 valence electrons. The SMILES string of the molecule is CCOC(=O)CS(=O)(=O)Nc1ccc(C#N)cn1. The highest BCUT2D eigenvalue weighted by Crippen LogP contribution is 2.06. The van der Waals surface area contributed by atoms with E-state index in [2.05, 4.69) is 14.4 Å². The Hall–Kier alpha value is -2.14. The minimum absolute atomic E-state index is 0.0401. The summed E-state index contributed by atoms with van der Waals surface area (Å²) < 4.78 is 29.7. The zero-order valence-electron chi connectivity index (χ0n) is 9.58. The smallest absolute Gasteiger partial charge is 0.323 e. The molecule has 0 spiro atoms. The fourth-order valence-corrected chi connectivity index (χ4v) is 1.98. The fourth-order valence-electron chi connectivity index (χ4n) is 1.07. The maximum absolute atomic E-state index is 11.5. The van der Waals surface area contributed by atoms with Crippen molar-refractivity contribution in [3.8, 4) is 6.07 Å². The predicted octanol–water partition coefficient (Wildman–Crippen LogP) is 0.258. The van der Waals surface area contributed by atoms with E-state index in [4.69, 9.17) is 5.26 Å². The van der Waals surface area contributed by atoms with E-state index in [9.17, 15) is 13.2 Å². The quantitative estimate of drug-likeness (QED) is 0.768. The van der Waals surface area contributed by atoms with Crippen molar-refractivity contribution < 1.29 is 17.9 Å². The van der Waals surface area contributed by atoms with Crippen LogP contribution in [0.25, 0.3) is 0 Å². The van der Waals surface area contributed by atoms with Gasteiger partial charge in [0.15, 0.2) is 5.75 Å². The second-order valence-corrected chi connectivity index (χ2v) is 4.93. The van der Waals surface area contributed by atoms with E-state index in [0.717, 1.165) is 0 Å². The van der Waals surface area contributed by atoms with Gasteiger partial charge in [-0.25, -0.2) is 13.4 Å². The number of esters is 1. The van der Waals surface area contributed by atoms with Gasteiger partial charge in [-0.05, 0) is 19.1 Å². The first-order valence-corrected chi connectivity index (χ1v) is 6.64. The Morgan fingerprint density at radius 3 is 2.78 bits per heavy atom. The second kappa shape index (κ2) is 5.97. The van der Waals surface area contributed by atoms with Gasteiger partial charge in [-0.1, -0.05) is 0 Å². The van der Waals surface area contributed by atoms with Crippen LogP contribution in [-0.4, -0.2) is 31.7 Å². The molecule has 0 aromatic carbocycles. The average molecular weight is 269 g/mol. The van der Waals surface area contributed by atoms with Crippen LogP contribution in [0.3, 0.4) is 0 Å². The number of carbonyl (C=O) groups excluding carboxylic acids is 1. The van der Waals surface area contributed by atoms with Crippen molar-refractivity contribution in [2.24, 2.45) is 0 Å². The van der Waals surface area contributed by atoms with Crippen LogP contribution in [-0.2, 0) is 19.6 Å². The lowest BCUT2D eigenvalue weighted by Gasteiger charge is -2.06. The van der Waals surface area contributed by atoms with Gasteiger partial charge in [0.1, 0.15) is 11.9 Å². The summed E-state index contributed by atoms with van der Waals surface area (Å²) in [6.45, 7) is 1.70. The Kier molecular flexibility index (Phi) is 4.62. The van der Waals surface area contributed by atoms with E-state index < -0.39 is 21.7 Å². The Morgan fingerprint density at radius 1 is 1.56 bits per heavy atom. The summed E-state index contributed by atoms with van der Waals surface area (Å²) in [5.74, 6) is -1.57. The molecule has 7 nitrogen and oxygen atoms in total. The van der Waals surface area contributed by atoms with Crippen LogP contribution >= 0.6 is 0 Å². The highest BCUT2D eigenvalue weighted by atomic mass is 32.2. The molecule has 0 aliphatic carbocycles. The lowest BCUT2D eigenvalue weighted by atomic mass is 10.3. The molecule has 18 heavy (non-hydrogen) atoms. The molecular formula is C10H11N3O4S. The topological polar surface area (TPSA) is 109 Å². The molecule has 1 rings (SSSR count). The molecule has 1 heterocycles. The molecule has 0 bridgehead atoms. The molecule has 0 atom stereocenters. The first kappa shape index (κ1) is 13.9. The molecule has 0 aliphatic heterocycles. The monoisotopic (exact) mass is 269 g/mol. The standard InChI is InChI=1S/C10H11N3O4S/c1-2-17-10(14)7-18(15,16)13-9-4-3-8(5-11)6-12-9/h3-4,6H,2,7H2,1H3,(H,12,13). The summed E-state index contributed by atoms with van der Waals surface area (Å²) in [6, 6.07) is 4.60. The van der Waals surface area contributed by atoms with E-state index >= 15 is 0 Å². The van der Waals surface area contributed by atoms with E-state index in [0.29, 0.717) is 5.56 Å². The third-order valence-electron chi connectivity index (χ3n) is 1.77. The molecule has 8 heteroatoms. The van der Waals surface area contributed by atoms with Crippen LogP contribution in [0.2, 0.25) is 0 Å². The lowest BCUT2D eigenvalue weighted by Crippen LogP contribution is -2.24. The van der Waals surface area contributed by atoms with Gasteiger partial charge in [0.2, 0.25) is 10.0 Å². The summed E-state index contributed by atoms with van der Waals surface area (Å²) >= 11 is 0. The Morgan fingerprint density at radius 2 is 2.28 bits per heavy atom. The van der Waals surface area contributed by atoms with Crippen molar-refractivity contribution in [1.82, 2.24) is 4.98 Å². The number of pyridine rings is 1. The molecule has 0 radical (unpaired) electrons. The van der Waals surface area contributed by atoms with Gasteiger partial charge < -0.3 is 4.74 Å². The average Bonchev–Trinajstić information content (AvgIpc) is 2.29. The van der Waals surface area contributed by atoms with Gasteiger partial charge in [-0.3, -0.25) is 9.52 Å². The Labute approximate surface area is 104 Å². The highest BCUT2D eigenvalue weighted by Gasteiger charge is 2.17. The first-order valence-electron chi connectivity index (χ1n) is 4.99. The van der Waals surface area contributed by atoms with Crippen molar-refractivity contribution in [3.63, 3.8) is 0 Å². The molecule has 0 saturated carbocycles. The number of sulfonamides is 1. The van der Waals surface area contributed by atoms with Crippen molar-refractivity contribution in [1.29, 1.82) is 5.26 Å². The number of anilines is 1.